The van der Waals surface area contributed by atoms with Crippen LogP contribution in [0.1, 0.15) is 46.0 Å². The van der Waals surface area contributed by atoms with Gasteiger partial charge >= 0.3 is 5.97 Å². The molecule has 1 aliphatic rings. The maximum atomic E-state index is 12.3. The summed E-state index contributed by atoms with van der Waals surface area (Å²) >= 11 is 0. The van der Waals surface area contributed by atoms with Crippen molar-refractivity contribution in [1.82, 2.24) is 5.32 Å². The first-order valence-electron chi connectivity index (χ1n) is 7.24. The summed E-state index contributed by atoms with van der Waals surface area (Å²) in [5.41, 5.74) is 4.98. The van der Waals surface area contributed by atoms with Gasteiger partial charge in [0.2, 0.25) is 5.91 Å². The SMILES string of the molecule is CCC(CC)(CC(=O)OC)NC(=O)[C@@H]1CC[C@H](CN)O1.Cl. The van der Waals surface area contributed by atoms with E-state index in [1.165, 1.54) is 7.11 Å². The zero-order valence-corrected chi connectivity index (χ0v) is 13.8. The first-order chi connectivity index (χ1) is 9.50. The van der Waals surface area contributed by atoms with Crippen molar-refractivity contribution in [1.29, 1.82) is 0 Å². The summed E-state index contributed by atoms with van der Waals surface area (Å²) in [4.78, 5) is 23.8. The molecule has 0 bridgehead atoms. The average molecular weight is 323 g/mol. The van der Waals surface area contributed by atoms with E-state index in [1.54, 1.807) is 0 Å². The van der Waals surface area contributed by atoms with Crippen LogP contribution in [0.4, 0.5) is 0 Å². The molecule has 2 atom stereocenters. The van der Waals surface area contributed by atoms with Crippen LogP contribution < -0.4 is 11.1 Å². The molecule has 0 aliphatic carbocycles. The van der Waals surface area contributed by atoms with E-state index in [-0.39, 0.29) is 36.8 Å². The highest BCUT2D eigenvalue weighted by atomic mass is 35.5. The van der Waals surface area contributed by atoms with Crippen LogP contribution in [0.2, 0.25) is 0 Å². The van der Waals surface area contributed by atoms with Crippen molar-refractivity contribution in [2.24, 2.45) is 5.73 Å². The first kappa shape index (κ1) is 20.1. The van der Waals surface area contributed by atoms with Crippen LogP contribution >= 0.6 is 12.4 Å². The number of methoxy groups -OCH3 is 1. The molecular formula is C14H27ClN2O4. The monoisotopic (exact) mass is 322 g/mol. The van der Waals surface area contributed by atoms with Gasteiger partial charge in [-0.15, -0.1) is 12.4 Å². The summed E-state index contributed by atoms with van der Waals surface area (Å²) in [6.07, 6.45) is 2.48. The maximum Gasteiger partial charge on any atom is 0.307 e. The molecule has 1 fully saturated rings. The number of hydrogen-bond donors (Lipinski definition) is 2. The Morgan fingerprint density at radius 1 is 1.33 bits per heavy atom. The van der Waals surface area contributed by atoms with Crippen molar-refractivity contribution in [2.45, 2.75) is 63.7 Å². The number of nitrogens with two attached hydrogens (primary N) is 1. The summed E-state index contributed by atoms with van der Waals surface area (Å²) in [6, 6.07) is 0. The molecule has 124 valence electrons. The maximum absolute atomic E-state index is 12.3. The number of hydrogen-bond acceptors (Lipinski definition) is 5. The highest BCUT2D eigenvalue weighted by molar-refractivity contribution is 5.85. The summed E-state index contributed by atoms with van der Waals surface area (Å²) in [5, 5.41) is 2.98. The number of nitrogens with one attached hydrogen (secondary N) is 1. The number of carbonyl (C=O) groups is 2. The quantitative estimate of drug-likeness (QED) is 0.686. The lowest BCUT2D eigenvalue weighted by atomic mass is 9.88. The molecule has 3 N–H and O–H groups in total. The van der Waals surface area contributed by atoms with Crippen molar-refractivity contribution < 1.29 is 19.1 Å². The number of rotatable bonds is 7. The van der Waals surface area contributed by atoms with E-state index < -0.39 is 11.6 Å². The van der Waals surface area contributed by atoms with E-state index in [2.05, 4.69) is 5.32 Å². The fourth-order valence-corrected chi connectivity index (χ4v) is 2.48. The van der Waals surface area contributed by atoms with Crippen LogP contribution in [-0.2, 0) is 19.1 Å². The van der Waals surface area contributed by atoms with Crippen molar-refractivity contribution in [2.75, 3.05) is 13.7 Å². The van der Waals surface area contributed by atoms with Gasteiger partial charge in [0, 0.05) is 6.54 Å². The Morgan fingerprint density at radius 2 is 1.95 bits per heavy atom. The predicted molar refractivity (Wildman–Crippen MR) is 82.3 cm³/mol. The Bertz CT molecular complexity index is 348. The summed E-state index contributed by atoms with van der Waals surface area (Å²) in [6.45, 7) is 4.33. The van der Waals surface area contributed by atoms with E-state index in [9.17, 15) is 9.59 Å². The van der Waals surface area contributed by atoms with Gasteiger partial charge in [0.05, 0.1) is 25.2 Å². The molecule has 0 aromatic carbocycles. The largest absolute Gasteiger partial charge is 0.469 e. The number of esters is 1. The molecule has 7 heteroatoms. The zero-order chi connectivity index (χ0) is 15.2. The lowest BCUT2D eigenvalue weighted by Crippen LogP contribution is -2.52. The van der Waals surface area contributed by atoms with Gasteiger partial charge in [0.15, 0.2) is 0 Å². The lowest BCUT2D eigenvalue weighted by molar-refractivity contribution is -0.143. The Balaban J connectivity index is 0.00000400. The first-order valence-corrected chi connectivity index (χ1v) is 7.24. The summed E-state index contributed by atoms with van der Waals surface area (Å²) < 4.78 is 10.3. The van der Waals surface area contributed by atoms with Crippen LogP contribution in [0, 0.1) is 0 Å². The van der Waals surface area contributed by atoms with Gasteiger partial charge in [-0.05, 0) is 25.7 Å². The van der Waals surface area contributed by atoms with Crippen LogP contribution in [-0.4, -0.2) is 43.3 Å². The Kier molecular flexibility index (Phi) is 8.85. The van der Waals surface area contributed by atoms with Gasteiger partial charge in [-0.1, -0.05) is 13.8 Å². The molecule has 0 aromatic heterocycles. The van der Waals surface area contributed by atoms with Gasteiger partial charge < -0.3 is 20.5 Å². The normalized spacial score (nSPS) is 21.5. The standard InChI is InChI=1S/C14H26N2O4.ClH/c1-4-14(5-2,8-12(17)19-3)16-13(18)11-7-6-10(9-15)20-11;/h10-11H,4-9,15H2,1-3H3,(H,16,18);1H/t10-,11+;/m1./s1. The second-order valence-electron chi connectivity index (χ2n) is 5.29. The van der Waals surface area contributed by atoms with Gasteiger partial charge in [0.25, 0.3) is 0 Å². The van der Waals surface area contributed by atoms with E-state index in [4.69, 9.17) is 15.2 Å². The fourth-order valence-electron chi connectivity index (χ4n) is 2.48. The number of amides is 1. The van der Waals surface area contributed by atoms with Gasteiger partial charge in [0.1, 0.15) is 6.10 Å². The van der Waals surface area contributed by atoms with Crippen molar-refractivity contribution in [3.05, 3.63) is 0 Å². The minimum Gasteiger partial charge on any atom is -0.469 e. The second-order valence-corrected chi connectivity index (χ2v) is 5.29. The third-order valence-electron chi connectivity index (χ3n) is 4.12. The molecule has 1 aliphatic heterocycles. The smallest absolute Gasteiger partial charge is 0.307 e. The molecule has 21 heavy (non-hydrogen) atoms. The average Bonchev–Trinajstić information content (AvgIpc) is 2.95. The third kappa shape index (κ3) is 5.45. The molecule has 6 nitrogen and oxygen atoms in total. The van der Waals surface area contributed by atoms with Crippen molar-refractivity contribution in [3.8, 4) is 0 Å². The molecule has 1 heterocycles. The highest BCUT2D eigenvalue weighted by Gasteiger charge is 2.36. The molecule has 0 spiro atoms. The number of halogens is 1. The van der Waals surface area contributed by atoms with Crippen LogP contribution in [0.25, 0.3) is 0 Å². The minimum atomic E-state index is -0.561. The Labute approximate surface area is 132 Å². The number of carbonyl (C=O) groups excluding carboxylic acids is 2. The van der Waals surface area contributed by atoms with E-state index >= 15 is 0 Å². The second kappa shape index (κ2) is 9.23. The van der Waals surface area contributed by atoms with E-state index in [0.717, 1.165) is 6.42 Å². The molecule has 0 unspecified atom stereocenters. The van der Waals surface area contributed by atoms with Crippen molar-refractivity contribution in [3.63, 3.8) is 0 Å². The predicted octanol–water partition coefficient (Wildman–Crippen LogP) is 1.15. The molecule has 0 radical (unpaired) electrons. The number of ether oxygens (including phenoxy) is 2. The van der Waals surface area contributed by atoms with E-state index in [0.29, 0.717) is 25.8 Å². The molecule has 1 rings (SSSR count). The fraction of sp³-hybridized carbons (Fsp3) is 0.857. The lowest BCUT2D eigenvalue weighted by Gasteiger charge is -2.33. The van der Waals surface area contributed by atoms with Crippen LogP contribution in [0.3, 0.4) is 0 Å². The summed E-state index contributed by atoms with van der Waals surface area (Å²) in [7, 11) is 1.35. The van der Waals surface area contributed by atoms with E-state index in [1.807, 2.05) is 13.8 Å². The Morgan fingerprint density at radius 3 is 2.38 bits per heavy atom. The molecule has 1 amide bonds. The molecule has 1 saturated heterocycles. The zero-order valence-electron chi connectivity index (χ0n) is 13.0. The van der Waals surface area contributed by atoms with Crippen molar-refractivity contribution >= 4 is 24.3 Å². The van der Waals surface area contributed by atoms with Gasteiger partial charge in [-0.2, -0.15) is 0 Å². The molecule has 0 saturated carbocycles. The van der Waals surface area contributed by atoms with Crippen LogP contribution in [0.5, 0.6) is 0 Å². The highest BCUT2D eigenvalue weighted by Crippen LogP contribution is 2.24. The minimum absolute atomic E-state index is 0. The molecule has 0 aromatic rings. The van der Waals surface area contributed by atoms with Crippen LogP contribution in [0.15, 0.2) is 0 Å². The van der Waals surface area contributed by atoms with Gasteiger partial charge in [-0.25, -0.2) is 0 Å². The van der Waals surface area contributed by atoms with Gasteiger partial charge in [-0.3, -0.25) is 9.59 Å². The molecular weight excluding hydrogens is 296 g/mol. The summed E-state index contributed by atoms with van der Waals surface area (Å²) in [5.74, 6) is -0.477. The third-order valence-corrected chi connectivity index (χ3v) is 4.12. The Hall–Kier alpha value is -0.850. The topological polar surface area (TPSA) is 90.7 Å².